The number of amides is 1. The third-order valence-corrected chi connectivity index (χ3v) is 3.70. The summed E-state index contributed by atoms with van der Waals surface area (Å²) in [5.41, 5.74) is -1.36. The Balaban J connectivity index is 2.60. The normalized spacial score (nSPS) is 11.8. The van der Waals surface area contributed by atoms with Gasteiger partial charge in [-0.3, -0.25) is 0 Å². The summed E-state index contributed by atoms with van der Waals surface area (Å²) in [6, 6.07) is 9.24. The Hall–Kier alpha value is -2.04. The second-order valence-electron chi connectivity index (χ2n) is 5.72. The van der Waals surface area contributed by atoms with E-state index in [2.05, 4.69) is 5.32 Å². The molecule has 5 heteroatoms. The van der Waals surface area contributed by atoms with Crippen LogP contribution in [0.4, 0.5) is 4.79 Å². The van der Waals surface area contributed by atoms with Crippen LogP contribution in [0.25, 0.3) is 0 Å². The minimum Gasteiger partial charge on any atom is -0.549 e. The minimum atomic E-state index is -1.23. The van der Waals surface area contributed by atoms with E-state index in [9.17, 15) is 14.7 Å². The van der Waals surface area contributed by atoms with E-state index in [1.54, 1.807) is 13.8 Å². The van der Waals surface area contributed by atoms with E-state index in [0.29, 0.717) is 0 Å². The van der Waals surface area contributed by atoms with E-state index in [0.717, 1.165) is 5.56 Å². The molecule has 0 aromatic heterocycles. The van der Waals surface area contributed by atoms with Crippen LogP contribution in [0.5, 0.6) is 0 Å². The molecule has 0 heterocycles. The van der Waals surface area contributed by atoms with Crippen molar-refractivity contribution in [1.82, 2.24) is 5.32 Å². The zero-order chi connectivity index (χ0) is 15.4. The number of alkyl carbamates (subject to hydrolysis) is 1. The first-order valence-corrected chi connectivity index (χ1v) is 6.37. The zero-order valence-electron chi connectivity index (χ0n) is 12.2. The molecule has 0 spiro atoms. The molecule has 0 aliphatic heterocycles. The predicted molar refractivity (Wildman–Crippen MR) is 72.6 cm³/mol. The fraction of sp³-hybridized carbons (Fsp3) is 0.467. The first-order valence-electron chi connectivity index (χ1n) is 6.37. The second-order valence-corrected chi connectivity index (χ2v) is 5.72. The minimum absolute atomic E-state index is 0.133. The van der Waals surface area contributed by atoms with Crippen LogP contribution in [-0.2, 0) is 16.1 Å². The molecule has 1 aromatic carbocycles. The van der Waals surface area contributed by atoms with Crippen molar-refractivity contribution in [3.05, 3.63) is 35.9 Å². The fourth-order valence-electron chi connectivity index (χ4n) is 1.43. The molecular weight excluding hydrogens is 258 g/mol. The van der Waals surface area contributed by atoms with Crippen molar-refractivity contribution in [3.63, 3.8) is 0 Å². The molecule has 20 heavy (non-hydrogen) atoms. The molecular formula is C15H20NO4-. The quantitative estimate of drug-likeness (QED) is 0.884. The van der Waals surface area contributed by atoms with Crippen LogP contribution < -0.4 is 10.4 Å². The topological polar surface area (TPSA) is 78.5 Å². The Labute approximate surface area is 118 Å². The molecule has 1 amide bonds. The lowest BCUT2D eigenvalue weighted by atomic mass is 9.74. The molecule has 110 valence electrons. The van der Waals surface area contributed by atoms with Crippen LogP contribution in [0.1, 0.15) is 33.3 Å². The summed E-state index contributed by atoms with van der Waals surface area (Å²) >= 11 is 0. The number of carboxylic acid groups (broad SMARTS) is 1. The molecule has 0 aliphatic rings. The van der Waals surface area contributed by atoms with E-state index < -0.39 is 23.0 Å². The molecule has 1 N–H and O–H groups in total. The maximum absolute atomic E-state index is 11.8. The van der Waals surface area contributed by atoms with Gasteiger partial charge in [0, 0.05) is 16.9 Å². The first-order chi connectivity index (χ1) is 9.17. The molecule has 1 aromatic rings. The summed E-state index contributed by atoms with van der Waals surface area (Å²) in [5.74, 6) is -1.23. The van der Waals surface area contributed by atoms with Gasteiger partial charge in [0.25, 0.3) is 0 Å². The highest BCUT2D eigenvalue weighted by Crippen LogP contribution is 2.29. The summed E-state index contributed by atoms with van der Waals surface area (Å²) in [6.45, 7) is 6.37. The van der Waals surface area contributed by atoms with Crippen molar-refractivity contribution in [3.8, 4) is 0 Å². The molecule has 0 radical (unpaired) electrons. The lowest BCUT2D eigenvalue weighted by molar-refractivity contribution is -0.320. The molecule has 0 saturated carbocycles. The van der Waals surface area contributed by atoms with E-state index in [4.69, 9.17) is 4.74 Å². The Morgan fingerprint density at radius 1 is 1.15 bits per heavy atom. The van der Waals surface area contributed by atoms with E-state index >= 15 is 0 Å². The number of carbonyl (C=O) groups excluding carboxylic acids is 2. The molecule has 5 nitrogen and oxygen atoms in total. The van der Waals surface area contributed by atoms with Crippen LogP contribution in [0.2, 0.25) is 0 Å². The van der Waals surface area contributed by atoms with Gasteiger partial charge in [0.2, 0.25) is 0 Å². The largest absolute Gasteiger partial charge is 0.549 e. The van der Waals surface area contributed by atoms with Gasteiger partial charge >= 0.3 is 6.09 Å². The standard InChI is InChI=1S/C15H21NO4/c1-14(2,12(17)18)15(3,4)16-13(19)20-10-11-8-6-5-7-9-11/h5-9H,10H2,1-4H3,(H,16,19)(H,17,18)/p-1. The number of hydrogen-bond donors (Lipinski definition) is 1. The maximum Gasteiger partial charge on any atom is 0.407 e. The third kappa shape index (κ3) is 3.73. The van der Waals surface area contributed by atoms with Gasteiger partial charge in [0.05, 0.1) is 0 Å². The van der Waals surface area contributed by atoms with Crippen LogP contribution in [0.15, 0.2) is 30.3 Å². The van der Waals surface area contributed by atoms with Crippen molar-refractivity contribution < 1.29 is 19.4 Å². The van der Waals surface area contributed by atoms with Crippen molar-refractivity contribution in [2.24, 2.45) is 5.41 Å². The van der Waals surface area contributed by atoms with Crippen LogP contribution in [0.3, 0.4) is 0 Å². The van der Waals surface area contributed by atoms with Crippen LogP contribution in [-0.4, -0.2) is 17.6 Å². The van der Waals surface area contributed by atoms with E-state index in [-0.39, 0.29) is 6.61 Å². The number of nitrogens with one attached hydrogen (secondary N) is 1. The summed E-state index contributed by atoms with van der Waals surface area (Å²) in [7, 11) is 0. The number of hydrogen-bond acceptors (Lipinski definition) is 4. The SMILES string of the molecule is CC(C)(NC(=O)OCc1ccccc1)C(C)(C)C(=O)[O-]. The smallest absolute Gasteiger partial charge is 0.407 e. The number of ether oxygens (including phenoxy) is 1. The molecule has 0 atom stereocenters. The summed E-state index contributed by atoms with van der Waals surface area (Å²) in [4.78, 5) is 22.9. The molecule has 1 rings (SSSR count). The number of carboxylic acids is 1. The fourth-order valence-corrected chi connectivity index (χ4v) is 1.43. The lowest BCUT2D eigenvalue weighted by Gasteiger charge is -2.42. The number of carbonyl (C=O) groups is 2. The van der Waals surface area contributed by atoms with Gasteiger partial charge < -0.3 is 20.0 Å². The highest BCUT2D eigenvalue weighted by molar-refractivity contribution is 5.76. The van der Waals surface area contributed by atoms with E-state index in [1.165, 1.54) is 13.8 Å². The summed E-state index contributed by atoms with van der Waals surface area (Å²) in [6.07, 6.45) is -0.659. The average molecular weight is 278 g/mol. The van der Waals surface area contributed by atoms with Gasteiger partial charge in [-0.1, -0.05) is 44.2 Å². The number of benzene rings is 1. The van der Waals surface area contributed by atoms with Gasteiger partial charge in [-0.2, -0.15) is 0 Å². The van der Waals surface area contributed by atoms with E-state index in [1.807, 2.05) is 30.3 Å². The lowest BCUT2D eigenvalue weighted by Crippen LogP contribution is -2.60. The molecule has 0 unspecified atom stereocenters. The monoisotopic (exact) mass is 278 g/mol. The highest BCUT2D eigenvalue weighted by atomic mass is 16.5. The Morgan fingerprint density at radius 3 is 2.20 bits per heavy atom. The van der Waals surface area contributed by atoms with Crippen molar-refractivity contribution in [2.45, 2.75) is 39.8 Å². The highest BCUT2D eigenvalue weighted by Gasteiger charge is 2.39. The maximum atomic E-state index is 11.8. The zero-order valence-corrected chi connectivity index (χ0v) is 12.2. The van der Waals surface area contributed by atoms with Gasteiger partial charge in [-0.05, 0) is 19.4 Å². The van der Waals surface area contributed by atoms with Crippen LogP contribution in [0, 0.1) is 5.41 Å². The molecule has 0 aliphatic carbocycles. The Morgan fingerprint density at radius 2 is 1.70 bits per heavy atom. The second kappa shape index (κ2) is 5.94. The summed E-state index contributed by atoms with van der Waals surface area (Å²) < 4.78 is 5.08. The van der Waals surface area contributed by atoms with Gasteiger partial charge in [0.15, 0.2) is 0 Å². The Kier molecular flexibility index (Phi) is 4.76. The van der Waals surface area contributed by atoms with Crippen molar-refractivity contribution in [2.75, 3.05) is 0 Å². The number of rotatable bonds is 5. The van der Waals surface area contributed by atoms with Gasteiger partial charge in [-0.25, -0.2) is 4.79 Å². The average Bonchev–Trinajstić information content (AvgIpc) is 2.36. The van der Waals surface area contributed by atoms with Crippen molar-refractivity contribution in [1.29, 1.82) is 0 Å². The van der Waals surface area contributed by atoms with Crippen molar-refractivity contribution >= 4 is 12.1 Å². The first kappa shape index (κ1) is 16.0. The number of aliphatic carboxylic acids is 1. The Bertz CT molecular complexity index is 480. The van der Waals surface area contributed by atoms with Crippen LogP contribution >= 0.6 is 0 Å². The third-order valence-electron chi connectivity index (χ3n) is 3.70. The van der Waals surface area contributed by atoms with Gasteiger partial charge in [0.1, 0.15) is 6.61 Å². The summed E-state index contributed by atoms with van der Waals surface area (Å²) in [5, 5.41) is 13.7. The predicted octanol–water partition coefficient (Wildman–Crippen LogP) is 1.47. The molecule has 0 saturated heterocycles. The van der Waals surface area contributed by atoms with Gasteiger partial charge in [-0.15, -0.1) is 0 Å². The molecule has 0 bridgehead atoms. The molecule has 0 fully saturated rings.